The SMILES string of the molecule is CCCC(OC(=O)Cc1ccccc1)O[Si](C)(C)C(C)(C)C. The first kappa shape index (κ1) is 18.9. The van der Waals surface area contributed by atoms with Gasteiger partial charge in [0.05, 0.1) is 6.42 Å². The molecule has 0 aliphatic rings. The largest absolute Gasteiger partial charge is 0.436 e. The Balaban J connectivity index is 2.66. The molecular formula is C18H30O3Si. The van der Waals surface area contributed by atoms with Gasteiger partial charge in [0, 0.05) is 6.42 Å². The Hall–Kier alpha value is -1.13. The molecule has 1 aromatic rings. The number of carbonyl (C=O) groups excluding carboxylic acids is 1. The van der Waals surface area contributed by atoms with Crippen LogP contribution in [0.4, 0.5) is 0 Å². The van der Waals surface area contributed by atoms with Gasteiger partial charge in [-0.1, -0.05) is 64.4 Å². The zero-order chi connectivity index (χ0) is 16.8. The lowest BCUT2D eigenvalue weighted by atomic mass is 10.2. The second-order valence-corrected chi connectivity index (χ2v) is 12.0. The van der Waals surface area contributed by atoms with Crippen molar-refractivity contribution in [3.05, 3.63) is 35.9 Å². The molecule has 0 N–H and O–H groups in total. The Labute approximate surface area is 136 Å². The number of benzene rings is 1. The van der Waals surface area contributed by atoms with Gasteiger partial charge in [-0.05, 0) is 23.7 Å². The lowest BCUT2D eigenvalue weighted by molar-refractivity contribution is -0.165. The summed E-state index contributed by atoms with van der Waals surface area (Å²) in [6.07, 6.45) is 1.54. The fraction of sp³-hybridized carbons (Fsp3) is 0.611. The number of rotatable bonds is 7. The van der Waals surface area contributed by atoms with Gasteiger partial charge in [-0.2, -0.15) is 0 Å². The molecule has 124 valence electrons. The zero-order valence-corrected chi connectivity index (χ0v) is 15.8. The van der Waals surface area contributed by atoms with Gasteiger partial charge in [-0.25, -0.2) is 0 Å². The Bertz CT molecular complexity index is 463. The van der Waals surface area contributed by atoms with Crippen LogP contribution in [0.1, 0.15) is 46.1 Å². The van der Waals surface area contributed by atoms with Gasteiger partial charge in [0.15, 0.2) is 14.6 Å². The molecule has 0 amide bonds. The van der Waals surface area contributed by atoms with Crippen molar-refractivity contribution in [2.24, 2.45) is 0 Å². The summed E-state index contributed by atoms with van der Waals surface area (Å²) < 4.78 is 11.8. The van der Waals surface area contributed by atoms with E-state index in [9.17, 15) is 4.79 Å². The minimum absolute atomic E-state index is 0.102. The standard InChI is InChI=1S/C18H30O3Si/c1-7-11-17(21-22(5,6)18(2,3)4)20-16(19)14-15-12-9-8-10-13-15/h8-10,12-13,17H,7,11,14H2,1-6H3. The molecule has 0 spiro atoms. The predicted molar refractivity (Wildman–Crippen MR) is 93.2 cm³/mol. The number of esters is 1. The fourth-order valence-electron chi connectivity index (χ4n) is 1.83. The third kappa shape index (κ3) is 5.93. The van der Waals surface area contributed by atoms with Crippen molar-refractivity contribution in [2.45, 2.75) is 71.4 Å². The maximum atomic E-state index is 12.1. The van der Waals surface area contributed by atoms with Gasteiger partial charge in [0.1, 0.15) is 0 Å². The molecule has 1 unspecified atom stereocenters. The topological polar surface area (TPSA) is 35.5 Å². The monoisotopic (exact) mass is 322 g/mol. The molecule has 22 heavy (non-hydrogen) atoms. The van der Waals surface area contributed by atoms with E-state index in [1.54, 1.807) is 0 Å². The van der Waals surface area contributed by atoms with Gasteiger partial charge in [-0.3, -0.25) is 4.79 Å². The molecule has 1 rings (SSSR count). The third-order valence-corrected chi connectivity index (χ3v) is 8.68. The first-order valence-corrected chi connectivity index (χ1v) is 11.0. The molecule has 0 heterocycles. The van der Waals surface area contributed by atoms with E-state index in [2.05, 4.69) is 40.8 Å². The highest BCUT2D eigenvalue weighted by molar-refractivity contribution is 6.74. The van der Waals surface area contributed by atoms with Crippen LogP contribution < -0.4 is 0 Å². The highest BCUT2D eigenvalue weighted by Gasteiger charge is 2.39. The molecule has 3 nitrogen and oxygen atoms in total. The number of ether oxygens (including phenoxy) is 1. The van der Waals surface area contributed by atoms with Gasteiger partial charge in [0.2, 0.25) is 0 Å². The van der Waals surface area contributed by atoms with Crippen molar-refractivity contribution in [1.82, 2.24) is 0 Å². The maximum Gasteiger partial charge on any atom is 0.312 e. The molecule has 0 fully saturated rings. The molecule has 0 aliphatic heterocycles. The Morgan fingerprint density at radius 1 is 1.18 bits per heavy atom. The van der Waals surface area contributed by atoms with Gasteiger partial charge < -0.3 is 9.16 Å². The lowest BCUT2D eigenvalue weighted by Gasteiger charge is -2.38. The van der Waals surface area contributed by atoms with Crippen LogP contribution in [-0.4, -0.2) is 20.6 Å². The van der Waals surface area contributed by atoms with Crippen molar-refractivity contribution in [2.75, 3.05) is 0 Å². The average molecular weight is 323 g/mol. The second kappa shape index (κ2) is 7.93. The fourth-order valence-corrected chi connectivity index (χ4v) is 3.01. The summed E-state index contributed by atoms with van der Waals surface area (Å²) >= 11 is 0. The summed E-state index contributed by atoms with van der Waals surface area (Å²) in [7, 11) is -1.94. The highest BCUT2D eigenvalue weighted by Crippen LogP contribution is 2.37. The minimum Gasteiger partial charge on any atom is -0.436 e. The Morgan fingerprint density at radius 2 is 1.77 bits per heavy atom. The van der Waals surface area contributed by atoms with Gasteiger partial charge >= 0.3 is 5.97 Å². The number of hydrogen-bond donors (Lipinski definition) is 0. The Kier molecular flexibility index (Phi) is 6.82. The molecular weight excluding hydrogens is 292 g/mol. The summed E-state index contributed by atoms with van der Waals surface area (Å²) in [5.41, 5.74) is 0.968. The lowest BCUT2D eigenvalue weighted by Crippen LogP contribution is -2.45. The van der Waals surface area contributed by atoms with Crippen LogP contribution >= 0.6 is 0 Å². The van der Waals surface area contributed by atoms with E-state index in [4.69, 9.17) is 9.16 Å². The van der Waals surface area contributed by atoms with E-state index in [0.29, 0.717) is 6.42 Å². The molecule has 1 aromatic carbocycles. The van der Waals surface area contributed by atoms with Crippen molar-refractivity contribution >= 4 is 14.3 Å². The molecule has 0 saturated heterocycles. The van der Waals surface area contributed by atoms with Crippen molar-refractivity contribution < 1.29 is 14.0 Å². The third-order valence-electron chi connectivity index (χ3n) is 4.21. The van der Waals surface area contributed by atoms with Crippen LogP contribution in [0.15, 0.2) is 30.3 Å². The molecule has 1 atom stereocenters. The number of hydrogen-bond acceptors (Lipinski definition) is 3. The highest BCUT2D eigenvalue weighted by atomic mass is 28.4. The normalized spacial score (nSPS) is 13.7. The summed E-state index contributed by atoms with van der Waals surface area (Å²) in [5.74, 6) is -0.219. The molecule has 0 saturated carbocycles. The predicted octanol–water partition coefficient (Wildman–Crippen LogP) is 4.92. The van der Waals surface area contributed by atoms with Crippen LogP contribution in [0, 0.1) is 0 Å². The van der Waals surface area contributed by atoms with Crippen LogP contribution in [0.25, 0.3) is 0 Å². The average Bonchev–Trinajstić information content (AvgIpc) is 2.38. The van der Waals surface area contributed by atoms with E-state index in [-0.39, 0.29) is 11.0 Å². The van der Waals surface area contributed by atoms with Crippen LogP contribution in [-0.2, 0) is 20.4 Å². The summed E-state index contributed by atoms with van der Waals surface area (Å²) in [4.78, 5) is 12.1. The number of carbonyl (C=O) groups is 1. The van der Waals surface area contributed by atoms with Crippen LogP contribution in [0.5, 0.6) is 0 Å². The maximum absolute atomic E-state index is 12.1. The quantitative estimate of drug-likeness (QED) is 0.406. The smallest absolute Gasteiger partial charge is 0.312 e. The zero-order valence-electron chi connectivity index (χ0n) is 14.8. The molecule has 0 radical (unpaired) electrons. The first-order chi connectivity index (χ1) is 10.2. The van der Waals surface area contributed by atoms with Gasteiger partial charge in [-0.15, -0.1) is 0 Å². The Morgan fingerprint density at radius 3 is 2.27 bits per heavy atom. The molecule has 4 heteroatoms. The molecule has 0 aromatic heterocycles. The van der Waals surface area contributed by atoms with Crippen molar-refractivity contribution in [3.63, 3.8) is 0 Å². The summed E-state index contributed by atoms with van der Waals surface area (Å²) in [6, 6.07) is 9.67. The summed E-state index contributed by atoms with van der Waals surface area (Å²) in [6.45, 7) is 13.0. The van der Waals surface area contributed by atoms with Crippen LogP contribution in [0.3, 0.4) is 0 Å². The van der Waals surface area contributed by atoms with E-state index in [0.717, 1.165) is 18.4 Å². The minimum atomic E-state index is -1.94. The molecule has 0 aliphatic carbocycles. The van der Waals surface area contributed by atoms with E-state index >= 15 is 0 Å². The van der Waals surface area contributed by atoms with Crippen molar-refractivity contribution in [3.8, 4) is 0 Å². The summed E-state index contributed by atoms with van der Waals surface area (Å²) in [5, 5.41) is 0.102. The van der Waals surface area contributed by atoms with E-state index in [1.165, 1.54) is 0 Å². The van der Waals surface area contributed by atoms with Gasteiger partial charge in [0.25, 0.3) is 0 Å². The van der Waals surface area contributed by atoms with E-state index in [1.807, 2.05) is 30.3 Å². The van der Waals surface area contributed by atoms with Crippen molar-refractivity contribution in [1.29, 1.82) is 0 Å². The van der Waals surface area contributed by atoms with E-state index < -0.39 is 14.6 Å². The first-order valence-electron chi connectivity index (χ1n) is 8.07. The molecule has 0 bridgehead atoms. The second-order valence-electron chi connectivity index (χ2n) is 7.25. The van der Waals surface area contributed by atoms with Crippen LogP contribution in [0.2, 0.25) is 18.1 Å².